The lowest BCUT2D eigenvalue weighted by Crippen LogP contribution is -2.00. The van der Waals surface area contributed by atoms with E-state index in [4.69, 9.17) is 9.47 Å². The molecule has 0 bridgehead atoms. The van der Waals surface area contributed by atoms with Crippen LogP contribution in [-0.4, -0.2) is 23.2 Å². The average Bonchev–Trinajstić information content (AvgIpc) is 3.30. The molecule has 4 aromatic rings. The van der Waals surface area contributed by atoms with Crippen LogP contribution in [0.4, 0.5) is 0 Å². The second-order valence-electron chi connectivity index (χ2n) is 6.79. The topological polar surface area (TPSA) is 50.0 Å². The number of benzene rings is 2. The third-order valence-corrected chi connectivity index (χ3v) is 4.89. The minimum Gasteiger partial charge on any atom is -0.493 e. The number of fused-ring (bicyclic) bond motifs is 5. The molecule has 2 aromatic heterocycles. The van der Waals surface area contributed by atoms with E-state index >= 15 is 0 Å². The Morgan fingerprint density at radius 3 is 1.62 bits per heavy atom. The Labute approximate surface area is 153 Å². The molecular formula is C22H26N2O2. The van der Waals surface area contributed by atoms with Crippen molar-refractivity contribution in [1.82, 2.24) is 9.97 Å². The van der Waals surface area contributed by atoms with Crippen LogP contribution in [0, 0.1) is 0 Å². The van der Waals surface area contributed by atoms with Gasteiger partial charge in [0.15, 0.2) is 0 Å². The smallest absolute Gasteiger partial charge is 0.130 e. The van der Waals surface area contributed by atoms with E-state index in [2.05, 4.69) is 48.1 Å². The van der Waals surface area contributed by atoms with E-state index in [1.165, 1.54) is 0 Å². The zero-order valence-corrected chi connectivity index (χ0v) is 15.5. The van der Waals surface area contributed by atoms with Crippen molar-refractivity contribution in [1.29, 1.82) is 0 Å². The van der Waals surface area contributed by atoms with Crippen molar-refractivity contribution in [3.63, 3.8) is 0 Å². The highest BCUT2D eigenvalue weighted by atomic mass is 16.5. The first-order valence-corrected chi connectivity index (χ1v) is 9.63. The van der Waals surface area contributed by atoms with Crippen molar-refractivity contribution >= 4 is 32.6 Å². The Bertz CT molecular complexity index is 945. The van der Waals surface area contributed by atoms with Crippen LogP contribution in [0.15, 0.2) is 36.7 Å². The summed E-state index contributed by atoms with van der Waals surface area (Å²) >= 11 is 0. The number of ether oxygens (including phenoxy) is 2. The molecule has 0 unspecified atom stereocenters. The van der Waals surface area contributed by atoms with Gasteiger partial charge in [-0.2, -0.15) is 0 Å². The van der Waals surface area contributed by atoms with Gasteiger partial charge in [-0.05, 0) is 37.1 Å². The molecule has 0 saturated heterocycles. The van der Waals surface area contributed by atoms with Crippen LogP contribution >= 0.6 is 0 Å². The van der Waals surface area contributed by atoms with E-state index in [-0.39, 0.29) is 0 Å². The summed E-state index contributed by atoms with van der Waals surface area (Å²) in [6.07, 6.45) is 8.30. The Kier molecular flexibility index (Phi) is 4.74. The molecule has 0 saturated carbocycles. The summed E-state index contributed by atoms with van der Waals surface area (Å²) in [6.45, 7) is 5.81. The Morgan fingerprint density at radius 2 is 1.19 bits per heavy atom. The molecule has 0 aliphatic rings. The molecule has 2 N–H and O–H groups in total. The van der Waals surface area contributed by atoms with E-state index in [0.29, 0.717) is 0 Å². The molecule has 0 spiro atoms. The van der Waals surface area contributed by atoms with E-state index < -0.39 is 0 Å². The first kappa shape index (κ1) is 16.8. The lowest BCUT2D eigenvalue weighted by Gasteiger charge is -2.15. The predicted molar refractivity (Wildman–Crippen MR) is 108 cm³/mol. The van der Waals surface area contributed by atoms with Crippen molar-refractivity contribution in [2.45, 2.75) is 39.5 Å². The van der Waals surface area contributed by atoms with Gasteiger partial charge in [-0.1, -0.05) is 26.7 Å². The quantitative estimate of drug-likeness (QED) is 0.374. The minimum atomic E-state index is 0.727. The van der Waals surface area contributed by atoms with Gasteiger partial charge in [0, 0.05) is 23.2 Å². The predicted octanol–water partition coefficient (Wildman–Crippen LogP) is 6.16. The molecule has 4 nitrogen and oxygen atoms in total. The monoisotopic (exact) mass is 350 g/mol. The van der Waals surface area contributed by atoms with Crippen molar-refractivity contribution in [3.05, 3.63) is 36.7 Å². The zero-order chi connectivity index (χ0) is 17.9. The Morgan fingerprint density at radius 1 is 0.731 bits per heavy atom. The molecule has 0 aliphatic heterocycles. The summed E-state index contributed by atoms with van der Waals surface area (Å²) < 4.78 is 12.4. The number of rotatable bonds is 8. The van der Waals surface area contributed by atoms with Gasteiger partial charge in [0.2, 0.25) is 0 Å². The third kappa shape index (κ3) is 2.90. The number of hydrogen-bond acceptors (Lipinski definition) is 2. The fraction of sp³-hybridized carbons (Fsp3) is 0.364. The molecule has 4 rings (SSSR count). The molecule has 0 fully saturated rings. The molecular weight excluding hydrogens is 324 g/mol. The maximum Gasteiger partial charge on any atom is 0.130 e. The summed E-state index contributed by atoms with van der Waals surface area (Å²) in [4.78, 5) is 6.79. The molecule has 0 amide bonds. The molecule has 0 atom stereocenters. The summed E-state index contributed by atoms with van der Waals surface area (Å²) in [7, 11) is 0. The van der Waals surface area contributed by atoms with Gasteiger partial charge in [-0.3, -0.25) is 0 Å². The van der Waals surface area contributed by atoms with Gasteiger partial charge in [-0.15, -0.1) is 0 Å². The van der Waals surface area contributed by atoms with Crippen LogP contribution in [0.5, 0.6) is 11.5 Å². The molecule has 2 heterocycles. The Hall–Kier alpha value is -2.62. The fourth-order valence-electron chi connectivity index (χ4n) is 3.49. The van der Waals surface area contributed by atoms with Crippen LogP contribution in [0.25, 0.3) is 32.6 Å². The van der Waals surface area contributed by atoms with E-state index in [0.717, 1.165) is 83.0 Å². The number of hydrogen-bond donors (Lipinski definition) is 2. The van der Waals surface area contributed by atoms with Crippen molar-refractivity contribution < 1.29 is 9.47 Å². The zero-order valence-electron chi connectivity index (χ0n) is 15.5. The molecule has 4 heteroatoms. The van der Waals surface area contributed by atoms with Gasteiger partial charge in [0.25, 0.3) is 0 Å². The van der Waals surface area contributed by atoms with Gasteiger partial charge < -0.3 is 19.4 Å². The van der Waals surface area contributed by atoms with E-state index in [1.54, 1.807) is 0 Å². The van der Waals surface area contributed by atoms with E-state index in [1.807, 2.05) is 12.4 Å². The first-order valence-electron chi connectivity index (χ1n) is 9.63. The van der Waals surface area contributed by atoms with Crippen LogP contribution in [-0.2, 0) is 0 Å². The summed E-state index contributed by atoms with van der Waals surface area (Å²) in [6, 6.07) is 8.46. The lowest BCUT2D eigenvalue weighted by molar-refractivity contribution is 0.310. The number of unbranched alkanes of at least 4 members (excludes halogenated alkanes) is 2. The van der Waals surface area contributed by atoms with Crippen LogP contribution in [0.1, 0.15) is 39.5 Å². The fourth-order valence-corrected chi connectivity index (χ4v) is 3.49. The largest absolute Gasteiger partial charge is 0.493 e. The second-order valence-corrected chi connectivity index (χ2v) is 6.79. The first-order chi connectivity index (χ1) is 12.8. The molecule has 0 aliphatic carbocycles. The Balaban J connectivity index is 1.97. The highest BCUT2D eigenvalue weighted by Crippen LogP contribution is 2.42. The van der Waals surface area contributed by atoms with Gasteiger partial charge >= 0.3 is 0 Å². The highest BCUT2D eigenvalue weighted by molar-refractivity contribution is 6.20. The molecule has 0 radical (unpaired) electrons. The van der Waals surface area contributed by atoms with Crippen LogP contribution in [0.2, 0.25) is 0 Å². The number of H-pyrrole nitrogens is 2. The van der Waals surface area contributed by atoms with E-state index in [9.17, 15) is 0 Å². The summed E-state index contributed by atoms with van der Waals surface area (Å²) in [5.74, 6) is 1.85. The van der Waals surface area contributed by atoms with Gasteiger partial charge in [0.05, 0.1) is 35.0 Å². The molecule has 2 aromatic carbocycles. The van der Waals surface area contributed by atoms with Crippen molar-refractivity contribution in [3.8, 4) is 11.5 Å². The van der Waals surface area contributed by atoms with Crippen LogP contribution < -0.4 is 9.47 Å². The molecule has 136 valence electrons. The third-order valence-electron chi connectivity index (χ3n) is 4.89. The standard InChI is InChI=1S/C22H26N2O2/c1-3-5-11-25-17-13-15-7-9-24-22(15)20-18(26-12-6-4-2)14-16-8-10-23-21(16)19(17)20/h7-10,13-14,23-24H,3-6,11-12H2,1-2H3. The van der Waals surface area contributed by atoms with Gasteiger partial charge in [0.1, 0.15) is 11.5 Å². The maximum atomic E-state index is 6.21. The maximum absolute atomic E-state index is 6.21. The van der Waals surface area contributed by atoms with Crippen molar-refractivity contribution in [2.75, 3.05) is 13.2 Å². The number of nitrogens with one attached hydrogen (secondary N) is 2. The summed E-state index contributed by atoms with van der Waals surface area (Å²) in [5.41, 5.74) is 2.21. The van der Waals surface area contributed by atoms with Crippen molar-refractivity contribution in [2.24, 2.45) is 0 Å². The number of aromatic amines is 2. The molecule has 26 heavy (non-hydrogen) atoms. The average molecular weight is 350 g/mol. The second kappa shape index (κ2) is 7.32. The lowest BCUT2D eigenvalue weighted by atomic mass is 10.0. The van der Waals surface area contributed by atoms with Crippen LogP contribution in [0.3, 0.4) is 0 Å². The number of aromatic nitrogens is 2. The normalized spacial score (nSPS) is 11.6. The summed E-state index contributed by atoms with van der Waals surface area (Å²) in [5, 5.41) is 4.50. The highest BCUT2D eigenvalue weighted by Gasteiger charge is 2.17. The minimum absolute atomic E-state index is 0.727. The van der Waals surface area contributed by atoms with Gasteiger partial charge in [-0.25, -0.2) is 0 Å². The SMILES string of the molecule is CCCCOc1cc2cc[nH]c2c2c(OCCCC)cc3cc[nH]c3c12.